The van der Waals surface area contributed by atoms with Crippen molar-refractivity contribution in [3.8, 4) is 11.5 Å². The summed E-state index contributed by atoms with van der Waals surface area (Å²) in [6.07, 6.45) is -3.66. The lowest BCUT2D eigenvalue weighted by atomic mass is 10.2. The highest BCUT2D eigenvalue weighted by Gasteiger charge is 2.41. The Labute approximate surface area is 221 Å². The van der Waals surface area contributed by atoms with Crippen LogP contribution in [0.2, 0.25) is 0 Å². The molecule has 1 amide bonds. The number of halogens is 4. The standard InChI is InChI=1S/C27H22F4N2O5S/c28-20-8-11-24-18(14-20)15-25(38-24)39(35,36)33-12-2-5-23(33)26(34)32-16-17-3-1-4-22(13-17)37-21-9-6-19(7-10-21)27(29,30)31/h1,3-4,6-11,13-15,23H,2,5,12,16H2,(H,32,34)/t23-/m0/s1. The molecule has 0 radical (unpaired) electrons. The lowest BCUT2D eigenvalue weighted by Gasteiger charge is -2.22. The minimum atomic E-state index is -4.45. The van der Waals surface area contributed by atoms with Gasteiger partial charge in [0.2, 0.25) is 11.0 Å². The van der Waals surface area contributed by atoms with Crippen LogP contribution in [0.25, 0.3) is 11.0 Å². The summed E-state index contributed by atoms with van der Waals surface area (Å²) in [5.74, 6) is -0.455. The van der Waals surface area contributed by atoms with E-state index in [0.717, 1.165) is 22.5 Å². The Bertz CT molecular complexity index is 1620. The molecule has 1 aromatic heterocycles. The van der Waals surface area contributed by atoms with Crippen molar-refractivity contribution in [2.75, 3.05) is 6.54 Å². The van der Waals surface area contributed by atoms with Crippen LogP contribution in [-0.4, -0.2) is 31.2 Å². The van der Waals surface area contributed by atoms with Gasteiger partial charge in [0.05, 0.1) is 5.56 Å². The van der Waals surface area contributed by atoms with E-state index in [4.69, 9.17) is 9.15 Å². The zero-order valence-corrected chi connectivity index (χ0v) is 21.1. The van der Waals surface area contributed by atoms with Gasteiger partial charge in [-0.3, -0.25) is 4.79 Å². The summed E-state index contributed by atoms with van der Waals surface area (Å²) in [6.45, 7) is 0.194. The van der Waals surface area contributed by atoms with Crippen molar-refractivity contribution in [1.82, 2.24) is 9.62 Å². The molecule has 1 aliphatic rings. The zero-order chi connectivity index (χ0) is 27.8. The van der Waals surface area contributed by atoms with Gasteiger partial charge in [-0.15, -0.1) is 0 Å². The van der Waals surface area contributed by atoms with Gasteiger partial charge in [-0.25, -0.2) is 12.8 Å². The third-order valence-corrected chi connectivity index (χ3v) is 8.07. The molecule has 3 aromatic carbocycles. The fourth-order valence-corrected chi connectivity index (χ4v) is 6.00. The summed E-state index contributed by atoms with van der Waals surface area (Å²) in [6, 6.07) is 14.9. The molecule has 5 rings (SSSR count). The van der Waals surface area contributed by atoms with E-state index in [2.05, 4.69) is 5.32 Å². The van der Waals surface area contributed by atoms with Gasteiger partial charge in [0.25, 0.3) is 10.0 Å². The van der Waals surface area contributed by atoms with E-state index in [1.807, 2.05) is 0 Å². The Morgan fingerprint density at radius 2 is 1.79 bits per heavy atom. The maximum absolute atomic E-state index is 13.5. The first-order valence-corrected chi connectivity index (χ1v) is 13.4. The Morgan fingerprint density at radius 3 is 2.54 bits per heavy atom. The predicted octanol–water partition coefficient (Wildman–Crippen LogP) is 5.85. The van der Waals surface area contributed by atoms with Gasteiger partial charge < -0.3 is 14.5 Å². The van der Waals surface area contributed by atoms with Crippen molar-refractivity contribution < 1.29 is 39.9 Å². The number of hydrogen-bond acceptors (Lipinski definition) is 5. The van der Waals surface area contributed by atoms with Gasteiger partial charge in [-0.1, -0.05) is 12.1 Å². The molecule has 39 heavy (non-hydrogen) atoms. The van der Waals surface area contributed by atoms with Crippen molar-refractivity contribution in [2.45, 2.75) is 36.7 Å². The number of nitrogens with one attached hydrogen (secondary N) is 1. The normalized spacial score (nSPS) is 16.5. The smallest absolute Gasteiger partial charge is 0.416 e. The van der Waals surface area contributed by atoms with E-state index < -0.39 is 39.5 Å². The zero-order valence-electron chi connectivity index (χ0n) is 20.2. The number of carbonyl (C=O) groups is 1. The molecule has 204 valence electrons. The Hall–Kier alpha value is -3.90. The Kier molecular flexibility index (Phi) is 7.08. The van der Waals surface area contributed by atoms with Crippen LogP contribution in [0.4, 0.5) is 17.6 Å². The van der Waals surface area contributed by atoms with E-state index in [9.17, 15) is 30.8 Å². The molecule has 0 bridgehead atoms. The highest BCUT2D eigenvalue weighted by Crippen LogP contribution is 2.32. The van der Waals surface area contributed by atoms with E-state index in [0.29, 0.717) is 29.5 Å². The van der Waals surface area contributed by atoms with Crippen LogP contribution in [0.15, 0.2) is 82.3 Å². The molecule has 1 atom stereocenters. The lowest BCUT2D eigenvalue weighted by Crippen LogP contribution is -2.45. The molecule has 2 heterocycles. The lowest BCUT2D eigenvalue weighted by molar-refractivity contribution is -0.137. The molecule has 1 N–H and O–H groups in total. The maximum Gasteiger partial charge on any atom is 0.416 e. The minimum Gasteiger partial charge on any atom is -0.457 e. The number of ether oxygens (including phenoxy) is 1. The molecule has 1 saturated heterocycles. The van der Waals surface area contributed by atoms with Crippen LogP contribution < -0.4 is 10.1 Å². The summed E-state index contributed by atoms with van der Waals surface area (Å²) in [4.78, 5) is 13.0. The summed E-state index contributed by atoms with van der Waals surface area (Å²) < 4.78 is 90.5. The second kappa shape index (κ2) is 10.3. The fourth-order valence-electron chi connectivity index (χ4n) is 4.40. The molecule has 0 aliphatic carbocycles. The van der Waals surface area contributed by atoms with Crippen LogP contribution in [-0.2, 0) is 27.5 Å². The fraction of sp³-hybridized carbons (Fsp3) is 0.222. The predicted molar refractivity (Wildman–Crippen MR) is 133 cm³/mol. The van der Waals surface area contributed by atoms with Gasteiger partial charge >= 0.3 is 6.18 Å². The third kappa shape index (κ3) is 5.76. The molecule has 0 unspecified atom stereocenters. The minimum absolute atomic E-state index is 0.0668. The molecular weight excluding hydrogens is 540 g/mol. The summed E-state index contributed by atoms with van der Waals surface area (Å²) in [7, 11) is -4.15. The van der Waals surface area contributed by atoms with Crippen LogP contribution in [0.5, 0.6) is 11.5 Å². The highest BCUT2D eigenvalue weighted by molar-refractivity contribution is 7.89. The maximum atomic E-state index is 13.5. The first-order valence-electron chi connectivity index (χ1n) is 11.9. The van der Waals surface area contributed by atoms with E-state index in [1.165, 1.54) is 30.3 Å². The number of furan rings is 1. The first kappa shape index (κ1) is 26.7. The molecule has 1 fully saturated rings. The Balaban J connectivity index is 1.24. The average Bonchev–Trinajstić information content (AvgIpc) is 3.55. The first-order chi connectivity index (χ1) is 18.5. The number of fused-ring (bicyclic) bond motifs is 1. The number of alkyl halides is 3. The topological polar surface area (TPSA) is 88.9 Å². The Morgan fingerprint density at radius 1 is 1.03 bits per heavy atom. The molecule has 1 aliphatic heterocycles. The van der Waals surface area contributed by atoms with Gasteiger partial charge in [0, 0.05) is 24.5 Å². The number of nitrogens with zero attached hydrogens (tertiary/aromatic N) is 1. The second-order valence-corrected chi connectivity index (χ2v) is 10.8. The van der Waals surface area contributed by atoms with Gasteiger partial charge in [-0.2, -0.15) is 17.5 Å². The molecular formula is C27H22F4N2O5S. The van der Waals surface area contributed by atoms with Gasteiger partial charge in [0.15, 0.2) is 0 Å². The van der Waals surface area contributed by atoms with E-state index in [1.54, 1.807) is 24.3 Å². The number of hydrogen-bond donors (Lipinski definition) is 1. The average molecular weight is 563 g/mol. The monoisotopic (exact) mass is 562 g/mol. The van der Waals surface area contributed by atoms with Crippen molar-refractivity contribution in [3.05, 3.63) is 89.7 Å². The number of amides is 1. The summed E-state index contributed by atoms with van der Waals surface area (Å²) in [5.41, 5.74) is 0.0662. The highest BCUT2D eigenvalue weighted by atomic mass is 32.2. The number of sulfonamides is 1. The van der Waals surface area contributed by atoms with Crippen molar-refractivity contribution in [2.24, 2.45) is 0 Å². The summed E-state index contributed by atoms with van der Waals surface area (Å²) in [5, 5.41) is 2.67. The van der Waals surface area contributed by atoms with Crippen molar-refractivity contribution in [3.63, 3.8) is 0 Å². The van der Waals surface area contributed by atoms with Crippen molar-refractivity contribution in [1.29, 1.82) is 0 Å². The number of benzene rings is 3. The SMILES string of the molecule is O=C(NCc1cccc(Oc2ccc(C(F)(F)F)cc2)c1)[C@@H]1CCCN1S(=O)(=O)c1cc2cc(F)ccc2o1. The van der Waals surface area contributed by atoms with Crippen molar-refractivity contribution >= 4 is 26.9 Å². The van der Waals surface area contributed by atoms with Gasteiger partial charge in [0.1, 0.15) is 28.9 Å². The second-order valence-electron chi connectivity index (χ2n) is 9.01. The molecule has 0 spiro atoms. The molecule has 0 saturated carbocycles. The number of carbonyl (C=O) groups excluding carboxylic acids is 1. The number of rotatable bonds is 7. The van der Waals surface area contributed by atoms with Crippen LogP contribution in [0.1, 0.15) is 24.0 Å². The molecule has 4 aromatic rings. The summed E-state index contributed by atoms with van der Waals surface area (Å²) >= 11 is 0. The van der Waals surface area contributed by atoms with Crippen LogP contribution in [0, 0.1) is 5.82 Å². The van der Waals surface area contributed by atoms with Gasteiger partial charge in [-0.05, 0) is 73.0 Å². The van der Waals surface area contributed by atoms with E-state index >= 15 is 0 Å². The van der Waals surface area contributed by atoms with Crippen LogP contribution >= 0.6 is 0 Å². The van der Waals surface area contributed by atoms with Crippen LogP contribution in [0.3, 0.4) is 0 Å². The van der Waals surface area contributed by atoms with E-state index in [-0.39, 0.29) is 29.5 Å². The molecule has 7 nitrogen and oxygen atoms in total. The molecule has 12 heteroatoms. The third-order valence-electron chi connectivity index (χ3n) is 6.31. The largest absolute Gasteiger partial charge is 0.457 e. The quantitative estimate of drug-likeness (QED) is 0.286.